The van der Waals surface area contributed by atoms with Gasteiger partial charge in [-0.1, -0.05) is 29.7 Å². The van der Waals surface area contributed by atoms with Gasteiger partial charge < -0.3 is 4.74 Å². The van der Waals surface area contributed by atoms with E-state index in [9.17, 15) is 4.79 Å². The highest BCUT2D eigenvalue weighted by Crippen LogP contribution is 2.26. The molecule has 0 heterocycles. The number of halogens is 1. The Bertz CT molecular complexity index is 512. The van der Waals surface area contributed by atoms with Gasteiger partial charge in [0.25, 0.3) is 0 Å². The molecule has 0 atom stereocenters. The summed E-state index contributed by atoms with van der Waals surface area (Å²) in [4.78, 5) is 12.2. The number of esters is 1. The van der Waals surface area contributed by atoms with Crippen LogP contribution in [0, 0.1) is 12.3 Å². The Balaban J connectivity index is 2.74. The van der Waals surface area contributed by atoms with Crippen LogP contribution in [0.4, 0.5) is 5.69 Å². The molecule has 1 rings (SSSR count). The first-order valence-corrected chi connectivity index (χ1v) is 6.87. The third-order valence-corrected chi connectivity index (χ3v) is 3.13. The third kappa shape index (κ3) is 5.25. The Morgan fingerprint density at radius 3 is 3.00 bits per heavy atom. The molecule has 4 nitrogen and oxygen atoms in total. The predicted octanol–water partition coefficient (Wildman–Crippen LogP) is 2.94. The van der Waals surface area contributed by atoms with Crippen LogP contribution in [0.25, 0.3) is 0 Å². The van der Waals surface area contributed by atoms with Gasteiger partial charge in [0.05, 0.1) is 18.0 Å². The van der Waals surface area contributed by atoms with Gasteiger partial charge in [0.1, 0.15) is 0 Å². The van der Waals surface area contributed by atoms with Crippen LogP contribution in [-0.2, 0) is 9.53 Å². The minimum atomic E-state index is -0.662. The van der Waals surface area contributed by atoms with Crippen LogP contribution in [-0.4, -0.2) is 23.5 Å². The maximum Gasteiger partial charge on any atom is 0.370 e. The van der Waals surface area contributed by atoms with E-state index in [0.717, 1.165) is 10.6 Å². The summed E-state index contributed by atoms with van der Waals surface area (Å²) in [5.41, 5.74) is 3.45. The molecular formula is C13H13ClN2O2S. The van der Waals surface area contributed by atoms with Gasteiger partial charge >= 0.3 is 5.97 Å². The molecule has 1 aromatic rings. The zero-order chi connectivity index (χ0) is 14.1. The Morgan fingerprint density at radius 2 is 2.32 bits per heavy atom. The van der Waals surface area contributed by atoms with Gasteiger partial charge in [-0.25, -0.2) is 4.79 Å². The SMILES string of the molecule is C#CCSc1ccccc1N/N=C(/Cl)C(=O)OCC. The molecule has 0 spiro atoms. The molecule has 0 bridgehead atoms. The van der Waals surface area contributed by atoms with E-state index in [0.29, 0.717) is 5.75 Å². The van der Waals surface area contributed by atoms with Crippen molar-refractivity contribution >= 4 is 40.2 Å². The number of nitrogens with one attached hydrogen (secondary N) is 1. The summed E-state index contributed by atoms with van der Waals surface area (Å²) in [6.45, 7) is 1.94. The molecule has 19 heavy (non-hydrogen) atoms. The number of anilines is 1. The Hall–Kier alpha value is -1.64. The van der Waals surface area contributed by atoms with E-state index >= 15 is 0 Å². The first-order chi connectivity index (χ1) is 9.19. The summed E-state index contributed by atoms with van der Waals surface area (Å²) < 4.78 is 4.71. The summed E-state index contributed by atoms with van der Waals surface area (Å²) in [5, 5.41) is 3.52. The Labute approximate surface area is 121 Å². The maximum absolute atomic E-state index is 11.3. The standard InChI is InChI=1S/C13H13ClN2O2S/c1-3-9-19-11-8-6-5-7-10(11)15-16-12(14)13(17)18-4-2/h1,5-8,15H,4,9H2,2H3/b16-12+. The van der Waals surface area contributed by atoms with Gasteiger partial charge in [0.2, 0.25) is 5.17 Å². The lowest BCUT2D eigenvalue weighted by Gasteiger charge is -2.07. The molecule has 0 unspecified atom stereocenters. The number of carbonyl (C=O) groups excluding carboxylic acids is 1. The zero-order valence-corrected chi connectivity index (χ0v) is 11.9. The molecule has 0 aliphatic rings. The summed E-state index contributed by atoms with van der Waals surface area (Å²) in [7, 11) is 0. The molecular weight excluding hydrogens is 284 g/mol. The number of rotatable bonds is 6. The van der Waals surface area contributed by atoms with Gasteiger partial charge in [-0.2, -0.15) is 5.10 Å². The minimum Gasteiger partial charge on any atom is -0.461 e. The molecule has 0 aromatic heterocycles. The first kappa shape index (κ1) is 15.4. The van der Waals surface area contributed by atoms with Crippen molar-refractivity contribution < 1.29 is 9.53 Å². The van der Waals surface area contributed by atoms with E-state index < -0.39 is 5.97 Å². The molecule has 0 saturated heterocycles. The van der Waals surface area contributed by atoms with Crippen LogP contribution >= 0.6 is 23.4 Å². The predicted molar refractivity (Wildman–Crippen MR) is 79.5 cm³/mol. The lowest BCUT2D eigenvalue weighted by molar-refractivity contribution is -0.134. The maximum atomic E-state index is 11.3. The normalized spacial score (nSPS) is 10.7. The molecule has 1 N–H and O–H groups in total. The van der Waals surface area contributed by atoms with E-state index in [2.05, 4.69) is 16.4 Å². The number of carbonyl (C=O) groups is 1. The van der Waals surface area contributed by atoms with Gasteiger partial charge in [0, 0.05) is 4.90 Å². The molecule has 0 saturated carbocycles. The second-order valence-electron chi connectivity index (χ2n) is 3.22. The smallest absolute Gasteiger partial charge is 0.370 e. The molecule has 1 aromatic carbocycles. The van der Waals surface area contributed by atoms with Gasteiger partial charge in [0.15, 0.2) is 0 Å². The van der Waals surface area contributed by atoms with Crippen LogP contribution in [0.15, 0.2) is 34.3 Å². The number of para-hydroxylation sites is 1. The van der Waals surface area contributed by atoms with Gasteiger partial charge in [-0.15, -0.1) is 18.2 Å². The number of benzene rings is 1. The van der Waals surface area contributed by atoms with Crippen molar-refractivity contribution in [2.75, 3.05) is 17.8 Å². The second kappa shape index (κ2) is 8.46. The molecule has 0 aliphatic carbocycles. The summed E-state index contributed by atoms with van der Waals surface area (Å²) in [5.74, 6) is 2.43. The highest BCUT2D eigenvalue weighted by atomic mass is 35.5. The molecule has 100 valence electrons. The lowest BCUT2D eigenvalue weighted by Crippen LogP contribution is -2.13. The monoisotopic (exact) mass is 296 g/mol. The van der Waals surface area contributed by atoms with Crippen molar-refractivity contribution in [3.63, 3.8) is 0 Å². The van der Waals surface area contributed by atoms with Gasteiger partial charge in [-0.05, 0) is 19.1 Å². The fourth-order valence-corrected chi connectivity index (χ4v) is 1.93. The minimum absolute atomic E-state index is 0.249. The molecule has 6 heteroatoms. The van der Waals surface area contributed by atoms with Crippen LogP contribution in [0.5, 0.6) is 0 Å². The average Bonchev–Trinajstić information content (AvgIpc) is 2.43. The first-order valence-electron chi connectivity index (χ1n) is 5.50. The highest BCUT2D eigenvalue weighted by molar-refractivity contribution is 7.99. The number of nitrogens with zero attached hydrogens (tertiary/aromatic N) is 1. The summed E-state index contributed by atoms with van der Waals surface area (Å²) in [6, 6.07) is 7.45. The molecule has 0 aliphatic heterocycles. The van der Waals surface area contributed by atoms with Crippen molar-refractivity contribution in [1.82, 2.24) is 0 Å². The Morgan fingerprint density at radius 1 is 1.58 bits per heavy atom. The highest BCUT2D eigenvalue weighted by Gasteiger charge is 2.09. The number of terminal acetylenes is 1. The molecule has 0 amide bonds. The summed E-state index contributed by atoms with van der Waals surface area (Å²) >= 11 is 7.18. The van der Waals surface area contributed by atoms with Crippen molar-refractivity contribution in [3.05, 3.63) is 24.3 Å². The lowest BCUT2D eigenvalue weighted by atomic mass is 10.3. The number of hydrazone groups is 1. The largest absolute Gasteiger partial charge is 0.461 e. The van der Waals surface area contributed by atoms with Crippen molar-refractivity contribution in [2.24, 2.45) is 5.10 Å². The zero-order valence-electron chi connectivity index (χ0n) is 10.4. The van der Waals surface area contributed by atoms with E-state index in [1.54, 1.807) is 6.92 Å². The van der Waals surface area contributed by atoms with Crippen molar-refractivity contribution in [3.8, 4) is 12.3 Å². The van der Waals surface area contributed by atoms with E-state index in [4.69, 9.17) is 22.8 Å². The van der Waals surface area contributed by atoms with E-state index in [-0.39, 0.29) is 11.8 Å². The second-order valence-corrected chi connectivity index (χ2v) is 4.60. The van der Waals surface area contributed by atoms with Crippen molar-refractivity contribution in [2.45, 2.75) is 11.8 Å². The fourth-order valence-electron chi connectivity index (χ4n) is 1.15. The number of thioether (sulfide) groups is 1. The fraction of sp³-hybridized carbons (Fsp3) is 0.231. The van der Waals surface area contributed by atoms with Crippen LogP contribution in [0.3, 0.4) is 0 Å². The summed E-state index contributed by atoms with van der Waals surface area (Å²) in [6.07, 6.45) is 5.22. The number of hydrogen-bond acceptors (Lipinski definition) is 5. The van der Waals surface area contributed by atoms with E-state index in [1.165, 1.54) is 11.8 Å². The third-order valence-electron chi connectivity index (χ3n) is 1.92. The molecule has 0 fully saturated rings. The van der Waals surface area contributed by atoms with Crippen LogP contribution in [0.1, 0.15) is 6.92 Å². The quantitative estimate of drug-likeness (QED) is 0.288. The molecule has 0 radical (unpaired) electrons. The van der Waals surface area contributed by atoms with Crippen LogP contribution < -0.4 is 5.43 Å². The number of hydrogen-bond donors (Lipinski definition) is 1. The number of ether oxygens (including phenoxy) is 1. The van der Waals surface area contributed by atoms with Crippen molar-refractivity contribution in [1.29, 1.82) is 0 Å². The van der Waals surface area contributed by atoms with Crippen LogP contribution in [0.2, 0.25) is 0 Å². The topological polar surface area (TPSA) is 50.7 Å². The Kier molecular flexibility index (Phi) is 6.86. The average molecular weight is 297 g/mol. The van der Waals surface area contributed by atoms with Gasteiger partial charge in [-0.3, -0.25) is 5.43 Å². The van der Waals surface area contributed by atoms with E-state index in [1.807, 2.05) is 24.3 Å².